The van der Waals surface area contributed by atoms with Gasteiger partial charge in [-0.05, 0) is 30.7 Å². The molecule has 0 aliphatic heterocycles. The summed E-state index contributed by atoms with van der Waals surface area (Å²) in [7, 11) is 0. The summed E-state index contributed by atoms with van der Waals surface area (Å²) in [5.74, 6) is 0.936. The molecular formula is C14H15N5O2S. The minimum atomic E-state index is -0.0224. The molecule has 0 radical (unpaired) electrons. The summed E-state index contributed by atoms with van der Waals surface area (Å²) in [5.41, 5.74) is 1.32. The van der Waals surface area contributed by atoms with Crippen LogP contribution >= 0.6 is 11.8 Å². The Morgan fingerprint density at radius 2 is 2.27 bits per heavy atom. The molecule has 3 heterocycles. The van der Waals surface area contributed by atoms with Crippen LogP contribution in [-0.4, -0.2) is 38.0 Å². The number of hydrogen-bond donors (Lipinski definition) is 1. The normalized spacial score (nSPS) is 11.0. The standard InChI is InChI=1S/C14H15N5O2S/c1-2-7-15-13(20)9-22-14-17-16-12-6-5-10(18-19(12)14)11-4-3-8-21-11/h3-6,8H,2,7,9H2,1H3,(H,15,20). The highest BCUT2D eigenvalue weighted by atomic mass is 32.2. The fourth-order valence-electron chi connectivity index (χ4n) is 1.86. The minimum Gasteiger partial charge on any atom is -0.463 e. The molecule has 114 valence electrons. The highest BCUT2D eigenvalue weighted by molar-refractivity contribution is 7.99. The Kier molecular flexibility index (Phi) is 4.38. The van der Waals surface area contributed by atoms with Crippen LogP contribution in [-0.2, 0) is 4.79 Å². The number of amides is 1. The van der Waals surface area contributed by atoms with Gasteiger partial charge in [0.25, 0.3) is 0 Å². The number of thioether (sulfide) groups is 1. The molecule has 3 aromatic heterocycles. The van der Waals surface area contributed by atoms with E-state index < -0.39 is 0 Å². The van der Waals surface area contributed by atoms with Gasteiger partial charge < -0.3 is 9.73 Å². The Morgan fingerprint density at radius 1 is 1.36 bits per heavy atom. The molecule has 0 aliphatic rings. The van der Waals surface area contributed by atoms with Crippen molar-refractivity contribution < 1.29 is 9.21 Å². The molecule has 0 saturated carbocycles. The van der Waals surface area contributed by atoms with E-state index in [0.29, 0.717) is 28.8 Å². The monoisotopic (exact) mass is 317 g/mol. The number of rotatable bonds is 6. The lowest BCUT2D eigenvalue weighted by atomic mass is 10.3. The van der Waals surface area contributed by atoms with E-state index in [9.17, 15) is 4.79 Å². The molecule has 1 N–H and O–H groups in total. The van der Waals surface area contributed by atoms with Gasteiger partial charge in [-0.3, -0.25) is 4.79 Å². The van der Waals surface area contributed by atoms with Gasteiger partial charge in [0.2, 0.25) is 11.1 Å². The molecule has 1 amide bonds. The van der Waals surface area contributed by atoms with Gasteiger partial charge in [0.05, 0.1) is 12.0 Å². The van der Waals surface area contributed by atoms with Crippen molar-refractivity contribution in [1.82, 2.24) is 25.1 Å². The molecule has 0 aliphatic carbocycles. The average Bonchev–Trinajstić information content (AvgIpc) is 3.19. The number of furan rings is 1. The van der Waals surface area contributed by atoms with Crippen LogP contribution in [0.15, 0.2) is 40.1 Å². The number of fused-ring (bicyclic) bond motifs is 1. The van der Waals surface area contributed by atoms with Crippen molar-refractivity contribution in [3.05, 3.63) is 30.5 Å². The van der Waals surface area contributed by atoms with E-state index in [0.717, 1.165) is 6.42 Å². The first-order chi connectivity index (χ1) is 10.8. The molecule has 0 fully saturated rings. The van der Waals surface area contributed by atoms with E-state index in [1.165, 1.54) is 11.8 Å². The van der Waals surface area contributed by atoms with Gasteiger partial charge in [0.1, 0.15) is 5.69 Å². The molecular weight excluding hydrogens is 302 g/mol. The van der Waals surface area contributed by atoms with Crippen molar-refractivity contribution in [2.75, 3.05) is 12.3 Å². The molecule has 0 unspecified atom stereocenters. The van der Waals surface area contributed by atoms with E-state index in [2.05, 4.69) is 20.6 Å². The SMILES string of the molecule is CCCNC(=O)CSc1nnc2ccc(-c3ccco3)nn12. The van der Waals surface area contributed by atoms with Crippen molar-refractivity contribution in [1.29, 1.82) is 0 Å². The van der Waals surface area contributed by atoms with Gasteiger partial charge in [-0.15, -0.1) is 10.2 Å². The molecule has 3 rings (SSSR count). The molecule has 0 atom stereocenters. The third-order valence-corrected chi connectivity index (χ3v) is 3.83. The van der Waals surface area contributed by atoms with E-state index in [4.69, 9.17) is 4.42 Å². The van der Waals surface area contributed by atoms with Crippen LogP contribution in [0.4, 0.5) is 0 Å². The predicted octanol–water partition coefficient (Wildman–Crippen LogP) is 2.00. The lowest BCUT2D eigenvalue weighted by molar-refractivity contribution is -0.118. The lowest BCUT2D eigenvalue weighted by Crippen LogP contribution is -2.25. The van der Waals surface area contributed by atoms with Crippen LogP contribution in [0.25, 0.3) is 17.1 Å². The first kappa shape index (κ1) is 14.6. The maximum absolute atomic E-state index is 11.7. The molecule has 22 heavy (non-hydrogen) atoms. The maximum atomic E-state index is 11.7. The summed E-state index contributed by atoms with van der Waals surface area (Å²) in [6.07, 6.45) is 2.51. The Morgan fingerprint density at radius 3 is 3.05 bits per heavy atom. The molecule has 0 saturated heterocycles. The van der Waals surface area contributed by atoms with Gasteiger partial charge in [0.15, 0.2) is 11.4 Å². The maximum Gasteiger partial charge on any atom is 0.230 e. The summed E-state index contributed by atoms with van der Waals surface area (Å²) in [6.45, 7) is 2.69. The van der Waals surface area contributed by atoms with E-state index in [1.807, 2.05) is 25.1 Å². The largest absolute Gasteiger partial charge is 0.463 e. The van der Waals surface area contributed by atoms with Crippen molar-refractivity contribution in [3.8, 4) is 11.5 Å². The van der Waals surface area contributed by atoms with Gasteiger partial charge in [-0.1, -0.05) is 18.7 Å². The first-order valence-corrected chi connectivity index (χ1v) is 7.92. The van der Waals surface area contributed by atoms with Crippen LogP contribution in [0.3, 0.4) is 0 Å². The zero-order valence-electron chi connectivity index (χ0n) is 12.0. The van der Waals surface area contributed by atoms with Crippen molar-refractivity contribution in [2.24, 2.45) is 0 Å². The summed E-state index contributed by atoms with van der Waals surface area (Å²) in [6, 6.07) is 7.29. The van der Waals surface area contributed by atoms with Crippen LogP contribution in [0, 0.1) is 0 Å². The van der Waals surface area contributed by atoms with Crippen LogP contribution in [0.2, 0.25) is 0 Å². The van der Waals surface area contributed by atoms with Crippen molar-refractivity contribution in [2.45, 2.75) is 18.5 Å². The first-order valence-electron chi connectivity index (χ1n) is 6.94. The number of carbonyl (C=O) groups excluding carboxylic acids is 1. The zero-order chi connectivity index (χ0) is 15.4. The number of hydrogen-bond acceptors (Lipinski definition) is 6. The molecule has 8 heteroatoms. The third kappa shape index (κ3) is 3.11. The average molecular weight is 317 g/mol. The topological polar surface area (TPSA) is 85.3 Å². The summed E-state index contributed by atoms with van der Waals surface area (Å²) in [5, 5.41) is 16.0. The highest BCUT2D eigenvalue weighted by Crippen LogP contribution is 2.20. The molecule has 3 aromatic rings. The van der Waals surface area contributed by atoms with Gasteiger partial charge in [-0.2, -0.15) is 9.61 Å². The smallest absolute Gasteiger partial charge is 0.230 e. The Bertz CT molecular complexity index is 769. The summed E-state index contributed by atoms with van der Waals surface area (Å²) < 4.78 is 6.96. The third-order valence-electron chi connectivity index (χ3n) is 2.91. The summed E-state index contributed by atoms with van der Waals surface area (Å²) in [4.78, 5) is 11.7. The number of aromatic nitrogens is 4. The van der Waals surface area contributed by atoms with Gasteiger partial charge >= 0.3 is 0 Å². The minimum absolute atomic E-state index is 0.0224. The highest BCUT2D eigenvalue weighted by Gasteiger charge is 2.12. The van der Waals surface area contributed by atoms with Gasteiger partial charge in [0, 0.05) is 6.54 Å². The van der Waals surface area contributed by atoms with Crippen LogP contribution in [0.1, 0.15) is 13.3 Å². The second-order valence-electron chi connectivity index (χ2n) is 4.59. The van der Waals surface area contributed by atoms with E-state index in [-0.39, 0.29) is 11.7 Å². The Balaban J connectivity index is 1.78. The van der Waals surface area contributed by atoms with Crippen LogP contribution in [0.5, 0.6) is 0 Å². The number of nitrogens with one attached hydrogen (secondary N) is 1. The second kappa shape index (κ2) is 6.61. The quantitative estimate of drug-likeness (QED) is 0.700. The Labute approximate surface area is 131 Å². The van der Waals surface area contributed by atoms with Crippen molar-refractivity contribution in [3.63, 3.8) is 0 Å². The molecule has 0 aromatic carbocycles. The predicted molar refractivity (Wildman–Crippen MR) is 82.5 cm³/mol. The number of carbonyl (C=O) groups is 1. The lowest BCUT2D eigenvalue weighted by Gasteiger charge is -2.02. The zero-order valence-corrected chi connectivity index (χ0v) is 12.8. The molecule has 7 nitrogen and oxygen atoms in total. The van der Waals surface area contributed by atoms with Crippen LogP contribution < -0.4 is 5.32 Å². The second-order valence-corrected chi connectivity index (χ2v) is 5.53. The number of nitrogens with zero attached hydrogens (tertiary/aromatic N) is 4. The summed E-state index contributed by atoms with van der Waals surface area (Å²) >= 11 is 1.31. The van der Waals surface area contributed by atoms with Crippen molar-refractivity contribution >= 4 is 23.3 Å². The molecule has 0 bridgehead atoms. The van der Waals surface area contributed by atoms with Gasteiger partial charge in [-0.25, -0.2) is 0 Å². The van der Waals surface area contributed by atoms with E-state index >= 15 is 0 Å². The molecule has 0 spiro atoms. The fraction of sp³-hybridized carbons (Fsp3) is 0.286. The van der Waals surface area contributed by atoms with E-state index in [1.54, 1.807) is 16.8 Å². The Hall–Kier alpha value is -2.35. The fourth-order valence-corrected chi connectivity index (χ4v) is 2.58.